The average molecular weight is 780 g/mol. The molecular formula is C56H37N5. The van der Waals surface area contributed by atoms with E-state index < -0.39 is 0 Å². The van der Waals surface area contributed by atoms with Crippen LogP contribution in [-0.4, -0.2) is 14.5 Å². The van der Waals surface area contributed by atoms with E-state index in [0.29, 0.717) is 17.0 Å². The Labute approximate surface area is 354 Å². The SMILES string of the molecule is Cc1ccc(-c2ccc3c(c2)c2ccccc2n3-c2c(-c3ccccc3C#N)cc(-c3nc(-c4ccccc4)cc(-c4ccccc4)n3)cc2-c2ccccc2C#N)c(C)c1. The number of para-hydroxylation sites is 1. The van der Waals surface area contributed by atoms with Gasteiger partial charge in [-0.3, -0.25) is 0 Å². The molecule has 61 heavy (non-hydrogen) atoms. The van der Waals surface area contributed by atoms with Crippen LogP contribution in [-0.2, 0) is 0 Å². The molecule has 0 aliphatic carbocycles. The molecule has 5 nitrogen and oxygen atoms in total. The fourth-order valence-electron chi connectivity index (χ4n) is 8.65. The van der Waals surface area contributed by atoms with E-state index in [2.05, 4.69) is 128 Å². The third-order valence-corrected chi connectivity index (χ3v) is 11.5. The van der Waals surface area contributed by atoms with E-state index in [9.17, 15) is 10.5 Å². The fourth-order valence-corrected chi connectivity index (χ4v) is 8.65. The maximum absolute atomic E-state index is 10.7. The summed E-state index contributed by atoms with van der Waals surface area (Å²) in [5, 5.41) is 23.6. The Morgan fingerprint density at radius 1 is 0.410 bits per heavy atom. The molecule has 0 radical (unpaired) electrons. The predicted octanol–water partition coefficient (Wildman–Crippen LogP) is 13.9. The summed E-state index contributed by atoms with van der Waals surface area (Å²) in [5.74, 6) is 0.526. The Kier molecular flexibility index (Phi) is 9.33. The van der Waals surface area contributed by atoms with Crippen LogP contribution in [0.3, 0.4) is 0 Å². The molecule has 0 aliphatic rings. The summed E-state index contributed by atoms with van der Waals surface area (Å²) in [5.41, 5.74) is 16.1. The van der Waals surface area contributed by atoms with Crippen LogP contribution >= 0.6 is 0 Å². The summed E-state index contributed by atoms with van der Waals surface area (Å²) in [4.78, 5) is 10.5. The van der Waals surface area contributed by atoms with E-state index >= 15 is 0 Å². The van der Waals surface area contributed by atoms with E-state index in [0.717, 1.165) is 83.4 Å². The lowest BCUT2D eigenvalue weighted by molar-refractivity contribution is 1.16. The van der Waals surface area contributed by atoms with Crippen molar-refractivity contribution in [3.8, 4) is 85.1 Å². The molecule has 10 rings (SSSR count). The number of hydrogen-bond donors (Lipinski definition) is 0. The second-order valence-corrected chi connectivity index (χ2v) is 15.3. The minimum absolute atomic E-state index is 0.526. The number of benzene rings is 8. The summed E-state index contributed by atoms with van der Waals surface area (Å²) in [6.45, 7) is 4.29. The Balaban J connectivity index is 1.34. The fraction of sp³-hybridized carbons (Fsp3) is 0.0357. The van der Waals surface area contributed by atoms with Crippen LogP contribution in [0.5, 0.6) is 0 Å². The van der Waals surface area contributed by atoms with E-state index in [-0.39, 0.29) is 0 Å². The van der Waals surface area contributed by atoms with Gasteiger partial charge in [0, 0.05) is 49.7 Å². The Hall–Kier alpha value is -8.38. The number of hydrogen-bond acceptors (Lipinski definition) is 4. The largest absolute Gasteiger partial charge is 0.308 e. The van der Waals surface area contributed by atoms with Gasteiger partial charge in [-0.25, -0.2) is 9.97 Å². The monoisotopic (exact) mass is 779 g/mol. The molecule has 0 bridgehead atoms. The molecule has 0 saturated carbocycles. The molecule has 0 spiro atoms. The number of fused-ring (bicyclic) bond motifs is 3. The van der Waals surface area contributed by atoms with Gasteiger partial charge in [0.05, 0.1) is 51.4 Å². The van der Waals surface area contributed by atoms with Crippen molar-refractivity contribution in [3.63, 3.8) is 0 Å². The van der Waals surface area contributed by atoms with Crippen LogP contribution in [0.2, 0.25) is 0 Å². The standard InChI is InChI=1S/C56H37N5/c1-36-25-27-44(37(2)29-36)40-26-28-54-48(30-40)47-23-13-14-24-53(47)61(54)55-49(45-21-11-9-19-41(45)34-57)31-43(32-50(55)46-22-12-10-20-42(46)35-58)56-59-51(38-15-5-3-6-16-38)33-52(60-56)39-17-7-4-8-18-39/h3-33H,1-2H3. The van der Waals surface area contributed by atoms with Gasteiger partial charge in [0.25, 0.3) is 0 Å². The summed E-state index contributed by atoms with van der Waals surface area (Å²) in [7, 11) is 0. The van der Waals surface area contributed by atoms with Gasteiger partial charge in [-0.05, 0) is 79.1 Å². The van der Waals surface area contributed by atoms with Gasteiger partial charge < -0.3 is 4.57 Å². The number of rotatable bonds is 7. The summed E-state index contributed by atoms with van der Waals surface area (Å²) >= 11 is 0. The normalized spacial score (nSPS) is 11.1. The first kappa shape index (κ1) is 36.9. The van der Waals surface area contributed by atoms with Gasteiger partial charge in [0.15, 0.2) is 5.82 Å². The molecule has 5 heteroatoms. The van der Waals surface area contributed by atoms with Gasteiger partial charge in [0.1, 0.15) is 0 Å². The van der Waals surface area contributed by atoms with Crippen LogP contribution in [0.25, 0.3) is 94.8 Å². The molecule has 0 saturated heterocycles. The summed E-state index contributed by atoms with van der Waals surface area (Å²) in [6, 6.07) is 68.7. The highest BCUT2D eigenvalue weighted by atomic mass is 15.0. The molecule has 2 heterocycles. The van der Waals surface area contributed by atoms with Crippen LogP contribution in [0.1, 0.15) is 22.3 Å². The second-order valence-electron chi connectivity index (χ2n) is 15.3. The lowest BCUT2D eigenvalue weighted by atomic mass is 9.89. The molecule has 0 fully saturated rings. The van der Waals surface area contributed by atoms with Gasteiger partial charge in [-0.15, -0.1) is 0 Å². The molecular weight excluding hydrogens is 743 g/mol. The zero-order valence-electron chi connectivity index (χ0n) is 33.6. The number of nitrogens with zero attached hydrogens (tertiary/aromatic N) is 5. The average Bonchev–Trinajstić information content (AvgIpc) is 3.64. The maximum atomic E-state index is 10.7. The van der Waals surface area contributed by atoms with Gasteiger partial charge in [0.2, 0.25) is 0 Å². The number of nitriles is 2. The molecule has 0 atom stereocenters. The van der Waals surface area contributed by atoms with Gasteiger partial charge in [-0.1, -0.05) is 145 Å². The van der Waals surface area contributed by atoms with Crippen LogP contribution in [0.15, 0.2) is 188 Å². The van der Waals surface area contributed by atoms with Crippen molar-refractivity contribution in [1.29, 1.82) is 10.5 Å². The molecule has 2 aromatic heterocycles. The molecule has 8 aromatic carbocycles. The van der Waals surface area contributed by atoms with E-state index in [1.54, 1.807) is 0 Å². The van der Waals surface area contributed by atoms with E-state index in [1.807, 2.05) is 91.0 Å². The highest BCUT2D eigenvalue weighted by molar-refractivity contribution is 6.12. The molecule has 0 amide bonds. The Bertz CT molecular complexity index is 3270. The third kappa shape index (κ3) is 6.61. The van der Waals surface area contributed by atoms with Crippen molar-refractivity contribution >= 4 is 21.8 Å². The molecule has 10 aromatic rings. The molecule has 0 unspecified atom stereocenters. The van der Waals surface area contributed by atoms with E-state index in [1.165, 1.54) is 16.7 Å². The van der Waals surface area contributed by atoms with Crippen molar-refractivity contribution in [2.24, 2.45) is 0 Å². The van der Waals surface area contributed by atoms with Crippen LogP contribution < -0.4 is 0 Å². The molecule has 0 aliphatic heterocycles. The van der Waals surface area contributed by atoms with Crippen molar-refractivity contribution in [1.82, 2.24) is 14.5 Å². The Morgan fingerprint density at radius 2 is 0.951 bits per heavy atom. The highest BCUT2D eigenvalue weighted by Gasteiger charge is 2.25. The second kappa shape index (κ2) is 15.4. The van der Waals surface area contributed by atoms with Crippen molar-refractivity contribution in [2.75, 3.05) is 0 Å². The molecule has 286 valence electrons. The number of aromatic nitrogens is 3. The minimum Gasteiger partial charge on any atom is -0.308 e. The van der Waals surface area contributed by atoms with Crippen molar-refractivity contribution in [3.05, 3.63) is 210 Å². The number of aryl methyl sites for hydroxylation is 2. The van der Waals surface area contributed by atoms with Crippen LogP contribution in [0, 0.1) is 36.5 Å². The molecule has 0 N–H and O–H groups in total. The lowest BCUT2D eigenvalue weighted by Gasteiger charge is -2.22. The Morgan fingerprint density at radius 3 is 1.54 bits per heavy atom. The smallest absolute Gasteiger partial charge is 0.160 e. The lowest BCUT2D eigenvalue weighted by Crippen LogP contribution is -2.04. The van der Waals surface area contributed by atoms with Crippen molar-refractivity contribution in [2.45, 2.75) is 13.8 Å². The minimum atomic E-state index is 0.526. The topological polar surface area (TPSA) is 78.3 Å². The summed E-state index contributed by atoms with van der Waals surface area (Å²) in [6.07, 6.45) is 0. The first-order valence-electron chi connectivity index (χ1n) is 20.3. The van der Waals surface area contributed by atoms with Crippen molar-refractivity contribution < 1.29 is 0 Å². The van der Waals surface area contributed by atoms with E-state index in [4.69, 9.17) is 9.97 Å². The summed E-state index contributed by atoms with van der Waals surface area (Å²) < 4.78 is 2.31. The zero-order valence-corrected chi connectivity index (χ0v) is 33.6. The van der Waals surface area contributed by atoms with Gasteiger partial charge in [-0.2, -0.15) is 10.5 Å². The third-order valence-electron chi connectivity index (χ3n) is 11.5. The first-order valence-corrected chi connectivity index (χ1v) is 20.3. The predicted molar refractivity (Wildman–Crippen MR) is 248 cm³/mol. The zero-order chi connectivity index (χ0) is 41.5. The first-order chi connectivity index (χ1) is 30.0. The quantitative estimate of drug-likeness (QED) is 0.161. The van der Waals surface area contributed by atoms with Gasteiger partial charge >= 0.3 is 0 Å². The highest BCUT2D eigenvalue weighted by Crippen LogP contribution is 2.46. The maximum Gasteiger partial charge on any atom is 0.160 e. The van der Waals surface area contributed by atoms with Crippen LogP contribution in [0.4, 0.5) is 0 Å².